The maximum atomic E-state index is 13.8. The van der Waals surface area contributed by atoms with Crippen LogP contribution in [-0.4, -0.2) is 17.9 Å². The number of aromatic hydroxyl groups is 1. The molecule has 108 valence electrons. The van der Waals surface area contributed by atoms with E-state index >= 15 is 0 Å². The first kappa shape index (κ1) is 13.4. The van der Waals surface area contributed by atoms with Gasteiger partial charge in [-0.25, -0.2) is 4.39 Å². The highest BCUT2D eigenvalue weighted by Crippen LogP contribution is 2.31. The molecule has 0 aromatic heterocycles. The summed E-state index contributed by atoms with van der Waals surface area (Å²) in [6.45, 7) is 0. The van der Waals surface area contributed by atoms with Crippen LogP contribution in [0.5, 0.6) is 11.5 Å². The van der Waals surface area contributed by atoms with E-state index in [9.17, 15) is 9.50 Å². The number of benzene rings is 2. The Labute approximate surface area is 121 Å². The number of ether oxygens (including phenoxy) is 1. The topological polar surface area (TPSA) is 53.9 Å². The quantitative estimate of drug-likeness (QED) is 0.912. The van der Waals surface area contributed by atoms with E-state index in [0.29, 0.717) is 29.0 Å². The molecule has 2 aromatic rings. The van der Waals surface area contributed by atoms with Crippen molar-refractivity contribution < 1.29 is 14.2 Å². The van der Waals surface area contributed by atoms with E-state index in [1.165, 1.54) is 6.07 Å². The van der Waals surface area contributed by atoms with Gasteiger partial charge in [0, 0.05) is 17.5 Å². The Bertz CT molecular complexity index is 700. The van der Waals surface area contributed by atoms with Gasteiger partial charge in [-0.1, -0.05) is 18.2 Å². The number of nitrogens with zero attached hydrogens (tertiary/aromatic N) is 1. The van der Waals surface area contributed by atoms with Gasteiger partial charge in [0.25, 0.3) is 0 Å². The molecule has 0 bridgehead atoms. The molecule has 0 amide bonds. The zero-order chi connectivity index (χ0) is 14.8. The number of methoxy groups -OCH3 is 1. The third-order valence-electron chi connectivity index (χ3n) is 3.55. The molecule has 1 heterocycles. The Morgan fingerprint density at radius 2 is 2.10 bits per heavy atom. The molecule has 0 spiro atoms. The van der Waals surface area contributed by atoms with E-state index < -0.39 is 0 Å². The SMILES string of the molecule is COc1ccc(O)c(C2=NNC(c3ccccc3F)C2)c1. The number of hydrazone groups is 1. The summed E-state index contributed by atoms with van der Waals surface area (Å²) in [6.07, 6.45) is 0.502. The number of halogens is 1. The van der Waals surface area contributed by atoms with Gasteiger partial charge in [-0.15, -0.1) is 0 Å². The molecule has 0 saturated carbocycles. The van der Waals surface area contributed by atoms with Crippen LogP contribution in [0.2, 0.25) is 0 Å². The summed E-state index contributed by atoms with van der Waals surface area (Å²) < 4.78 is 19.0. The summed E-state index contributed by atoms with van der Waals surface area (Å²) in [5.41, 5.74) is 4.77. The largest absolute Gasteiger partial charge is 0.507 e. The number of phenols is 1. The van der Waals surface area contributed by atoms with E-state index in [-0.39, 0.29) is 17.6 Å². The Hall–Kier alpha value is -2.56. The molecule has 0 radical (unpaired) electrons. The zero-order valence-corrected chi connectivity index (χ0v) is 11.5. The highest BCUT2D eigenvalue weighted by molar-refractivity contribution is 6.04. The van der Waals surface area contributed by atoms with Crippen LogP contribution in [0, 0.1) is 5.82 Å². The molecule has 3 rings (SSSR count). The van der Waals surface area contributed by atoms with Gasteiger partial charge in [0.1, 0.15) is 17.3 Å². The normalized spacial score (nSPS) is 17.2. The van der Waals surface area contributed by atoms with Gasteiger partial charge in [0.15, 0.2) is 0 Å². The second kappa shape index (κ2) is 5.44. The molecule has 0 aliphatic carbocycles. The first-order valence-corrected chi connectivity index (χ1v) is 6.63. The Morgan fingerprint density at radius 1 is 1.29 bits per heavy atom. The molecule has 0 saturated heterocycles. The van der Waals surface area contributed by atoms with Crippen molar-refractivity contribution >= 4 is 5.71 Å². The van der Waals surface area contributed by atoms with Crippen molar-refractivity contribution in [3.8, 4) is 11.5 Å². The van der Waals surface area contributed by atoms with E-state index in [4.69, 9.17) is 4.74 Å². The number of hydrogen-bond donors (Lipinski definition) is 2. The molecule has 1 aliphatic rings. The van der Waals surface area contributed by atoms with Crippen LogP contribution in [-0.2, 0) is 0 Å². The predicted molar refractivity (Wildman–Crippen MR) is 78.1 cm³/mol. The van der Waals surface area contributed by atoms with E-state index in [1.807, 2.05) is 0 Å². The summed E-state index contributed by atoms with van der Waals surface area (Å²) >= 11 is 0. The average molecular weight is 286 g/mol. The lowest BCUT2D eigenvalue weighted by atomic mass is 9.98. The molecule has 1 aliphatic heterocycles. The van der Waals surface area contributed by atoms with Gasteiger partial charge >= 0.3 is 0 Å². The van der Waals surface area contributed by atoms with E-state index in [0.717, 1.165) is 0 Å². The molecule has 2 aromatic carbocycles. The van der Waals surface area contributed by atoms with Crippen molar-refractivity contribution in [2.75, 3.05) is 7.11 Å². The smallest absolute Gasteiger partial charge is 0.128 e. The second-order valence-corrected chi connectivity index (χ2v) is 4.85. The Morgan fingerprint density at radius 3 is 2.86 bits per heavy atom. The summed E-state index contributed by atoms with van der Waals surface area (Å²) in [7, 11) is 1.56. The molecular weight excluding hydrogens is 271 g/mol. The van der Waals surface area contributed by atoms with Crippen molar-refractivity contribution in [2.45, 2.75) is 12.5 Å². The molecule has 4 nitrogen and oxygen atoms in total. The van der Waals surface area contributed by atoms with E-state index in [1.54, 1.807) is 43.5 Å². The fraction of sp³-hybridized carbons (Fsp3) is 0.188. The van der Waals surface area contributed by atoms with Gasteiger partial charge < -0.3 is 15.3 Å². The summed E-state index contributed by atoms with van der Waals surface area (Å²) in [5, 5.41) is 14.2. The Balaban J connectivity index is 1.86. The number of hydrogen-bond acceptors (Lipinski definition) is 4. The fourth-order valence-corrected chi connectivity index (χ4v) is 2.42. The van der Waals surface area contributed by atoms with Gasteiger partial charge in [0.2, 0.25) is 0 Å². The Kier molecular flexibility index (Phi) is 3.48. The average Bonchev–Trinajstić information content (AvgIpc) is 2.97. The predicted octanol–water partition coefficient (Wildman–Crippen LogP) is 2.98. The van der Waals surface area contributed by atoms with Gasteiger partial charge in [-0.05, 0) is 24.3 Å². The van der Waals surface area contributed by atoms with Crippen LogP contribution in [0.1, 0.15) is 23.6 Å². The maximum absolute atomic E-state index is 13.8. The van der Waals surface area contributed by atoms with Crippen molar-refractivity contribution in [1.82, 2.24) is 5.43 Å². The standard InChI is InChI=1S/C16H15FN2O2/c1-21-10-6-7-16(20)12(8-10)15-9-14(18-19-15)11-4-2-3-5-13(11)17/h2-8,14,18,20H,9H2,1H3. The van der Waals surface area contributed by atoms with Crippen LogP contribution in [0.25, 0.3) is 0 Å². The van der Waals surface area contributed by atoms with Gasteiger partial charge in [0.05, 0.1) is 18.9 Å². The van der Waals surface area contributed by atoms with Crippen LogP contribution in [0.4, 0.5) is 4.39 Å². The van der Waals surface area contributed by atoms with Crippen molar-refractivity contribution in [3.05, 3.63) is 59.4 Å². The monoisotopic (exact) mass is 286 g/mol. The minimum absolute atomic E-state index is 0.130. The number of rotatable bonds is 3. The lowest BCUT2D eigenvalue weighted by Crippen LogP contribution is -2.11. The first-order chi connectivity index (χ1) is 10.2. The lowest BCUT2D eigenvalue weighted by Gasteiger charge is -2.11. The molecule has 5 heteroatoms. The van der Waals surface area contributed by atoms with Crippen LogP contribution in [0.3, 0.4) is 0 Å². The van der Waals surface area contributed by atoms with Crippen molar-refractivity contribution in [1.29, 1.82) is 0 Å². The number of phenolic OH excluding ortho intramolecular Hbond substituents is 1. The summed E-state index contributed by atoms with van der Waals surface area (Å²) in [5.74, 6) is 0.506. The lowest BCUT2D eigenvalue weighted by molar-refractivity contribution is 0.412. The van der Waals surface area contributed by atoms with Crippen LogP contribution >= 0.6 is 0 Å². The number of nitrogens with one attached hydrogen (secondary N) is 1. The first-order valence-electron chi connectivity index (χ1n) is 6.63. The summed E-state index contributed by atoms with van der Waals surface area (Å²) in [4.78, 5) is 0. The molecule has 0 fully saturated rings. The maximum Gasteiger partial charge on any atom is 0.128 e. The minimum Gasteiger partial charge on any atom is -0.507 e. The second-order valence-electron chi connectivity index (χ2n) is 4.85. The van der Waals surface area contributed by atoms with Crippen molar-refractivity contribution in [3.63, 3.8) is 0 Å². The van der Waals surface area contributed by atoms with Crippen LogP contribution in [0.15, 0.2) is 47.6 Å². The highest BCUT2D eigenvalue weighted by Gasteiger charge is 2.25. The molecule has 1 unspecified atom stereocenters. The third kappa shape index (κ3) is 2.54. The minimum atomic E-state index is -0.263. The van der Waals surface area contributed by atoms with Crippen LogP contribution < -0.4 is 10.2 Å². The zero-order valence-electron chi connectivity index (χ0n) is 11.5. The molecule has 1 atom stereocenters. The highest BCUT2D eigenvalue weighted by atomic mass is 19.1. The van der Waals surface area contributed by atoms with E-state index in [2.05, 4.69) is 10.5 Å². The molecule has 21 heavy (non-hydrogen) atoms. The third-order valence-corrected chi connectivity index (χ3v) is 3.55. The van der Waals surface area contributed by atoms with Gasteiger partial charge in [-0.2, -0.15) is 5.10 Å². The van der Waals surface area contributed by atoms with Crippen molar-refractivity contribution in [2.24, 2.45) is 5.10 Å². The molecular formula is C16H15FN2O2. The molecule has 2 N–H and O–H groups in total. The summed E-state index contributed by atoms with van der Waals surface area (Å²) in [6, 6.07) is 11.3. The van der Waals surface area contributed by atoms with Gasteiger partial charge in [-0.3, -0.25) is 0 Å². The fourth-order valence-electron chi connectivity index (χ4n) is 2.42.